The highest BCUT2D eigenvalue weighted by Crippen LogP contribution is 2.35. The first-order chi connectivity index (χ1) is 35.4. The minimum atomic E-state index is -4.53. The molecule has 0 spiro atoms. The van der Waals surface area contributed by atoms with Crippen molar-refractivity contribution in [1.82, 2.24) is 33.8 Å². The number of nitrogens with two attached hydrogens (primary N) is 1. The van der Waals surface area contributed by atoms with Gasteiger partial charge in [-0.15, -0.1) is 0 Å². The molecule has 1 aliphatic heterocycles. The maximum atomic E-state index is 14.9. The van der Waals surface area contributed by atoms with Gasteiger partial charge in [-0.2, -0.15) is 17.5 Å². The maximum absolute atomic E-state index is 14.9. The number of halogens is 4. The molecule has 392 valence electrons. The summed E-state index contributed by atoms with van der Waals surface area (Å²) in [6.45, 7) is 3.96. The van der Waals surface area contributed by atoms with E-state index in [0.29, 0.717) is 64.5 Å². The standard InChI is InChI=1S/C52H58F4N10O7S/c1-33-50(34(2)73-62-33)36-24-42(57)51-47(25-36)65(32-60-51)28-35-9-6-11-38(23-35)72-30-49(67)59-18-21-71-22-20-64(4)74(68,69)39-14-15-45(48(27-39)70-5)58-17-8-10-37-26-40-43(61-44-16-19-63(3)29-41(44)53)12-7-13-46(40)66(37)31-52(54,55)56/h6-7,9,11-15,23-27,32,41,44,58,61H,16-22,28-31,57H2,1-5H3,(H,59,67)/t41-,44+/m0/s1. The van der Waals surface area contributed by atoms with Crippen molar-refractivity contribution < 1.29 is 49.5 Å². The third-order valence-electron chi connectivity index (χ3n) is 12.7. The van der Waals surface area contributed by atoms with E-state index >= 15 is 0 Å². The molecule has 1 aliphatic rings. The highest BCUT2D eigenvalue weighted by Gasteiger charge is 2.31. The van der Waals surface area contributed by atoms with Gasteiger partial charge in [0, 0.05) is 62.5 Å². The predicted molar refractivity (Wildman–Crippen MR) is 275 cm³/mol. The summed E-state index contributed by atoms with van der Waals surface area (Å²) in [5, 5.41) is 13.6. The lowest BCUT2D eigenvalue weighted by Gasteiger charge is -2.33. The van der Waals surface area contributed by atoms with Gasteiger partial charge in [-0.1, -0.05) is 29.3 Å². The second-order valence-electron chi connectivity index (χ2n) is 18.0. The predicted octanol–water partition coefficient (Wildman–Crippen LogP) is 7.21. The van der Waals surface area contributed by atoms with Crippen molar-refractivity contribution in [2.45, 2.75) is 56.6 Å². The van der Waals surface area contributed by atoms with E-state index in [1.165, 1.54) is 32.4 Å². The summed E-state index contributed by atoms with van der Waals surface area (Å²) < 4.78 is 110. The number of carbonyl (C=O) groups excluding carboxylic acids is 1. The van der Waals surface area contributed by atoms with Crippen LogP contribution in [0.15, 0.2) is 94.6 Å². The fraction of sp³-hybridized carbons (Fsp3) is 0.365. The number of hydrogen-bond donors (Lipinski definition) is 4. The van der Waals surface area contributed by atoms with Crippen LogP contribution in [0.3, 0.4) is 0 Å². The van der Waals surface area contributed by atoms with Crippen LogP contribution in [0.25, 0.3) is 33.1 Å². The lowest BCUT2D eigenvalue weighted by molar-refractivity contribution is -0.140. The van der Waals surface area contributed by atoms with Gasteiger partial charge >= 0.3 is 6.18 Å². The van der Waals surface area contributed by atoms with Gasteiger partial charge in [0.1, 0.15) is 35.5 Å². The third-order valence-corrected chi connectivity index (χ3v) is 14.5. The topological polar surface area (TPSA) is 196 Å². The van der Waals surface area contributed by atoms with Crippen molar-refractivity contribution in [1.29, 1.82) is 0 Å². The Labute approximate surface area is 426 Å². The monoisotopic (exact) mass is 1040 g/mol. The molecule has 7 aromatic rings. The van der Waals surface area contributed by atoms with Crippen LogP contribution in [-0.2, 0) is 32.6 Å². The molecule has 3 aromatic heterocycles. The Morgan fingerprint density at radius 1 is 1.03 bits per heavy atom. The first-order valence-electron chi connectivity index (χ1n) is 23.8. The zero-order valence-electron chi connectivity index (χ0n) is 41.6. The summed E-state index contributed by atoms with van der Waals surface area (Å²) in [7, 11) is 0.641. The molecule has 0 aliphatic carbocycles. The molecule has 17 nitrogen and oxygen atoms in total. The Bertz CT molecular complexity index is 3290. The van der Waals surface area contributed by atoms with Crippen LogP contribution < -0.4 is 31.2 Å². The molecule has 0 saturated carbocycles. The van der Waals surface area contributed by atoms with Crippen LogP contribution in [0.1, 0.15) is 29.1 Å². The van der Waals surface area contributed by atoms with Crippen LogP contribution >= 0.6 is 0 Å². The number of amides is 1. The fourth-order valence-electron chi connectivity index (χ4n) is 8.88. The highest BCUT2D eigenvalue weighted by molar-refractivity contribution is 7.89. The molecule has 1 amide bonds. The number of methoxy groups -OCH3 is 1. The first kappa shape index (κ1) is 53.0. The van der Waals surface area contributed by atoms with Crippen molar-refractivity contribution in [2.75, 3.05) is 90.1 Å². The second-order valence-corrected chi connectivity index (χ2v) is 20.1. The van der Waals surface area contributed by atoms with Gasteiger partial charge < -0.3 is 54.5 Å². The second kappa shape index (κ2) is 22.8. The Morgan fingerprint density at radius 3 is 2.59 bits per heavy atom. The number of piperidine rings is 1. The molecule has 4 heterocycles. The fourth-order valence-corrected chi connectivity index (χ4v) is 10.0. The van der Waals surface area contributed by atoms with E-state index in [4.69, 9.17) is 24.5 Å². The van der Waals surface area contributed by atoms with Crippen molar-refractivity contribution in [3.8, 4) is 34.5 Å². The third kappa shape index (κ3) is 12.5. The van der Waals surface area contributed by atoms with Crippen LogP contribution in [0.2, 0.25) is 0 Å². The Balaban J connectivity index is 0.786. The molecule has 74 heavy (non-hydrogen) atoms. The Hall–Kier alpha value is -7.32. The Morgan fingerprint density at radius 2 is 1.84 bits per heavy atom. The number of likely N-dealkylation sites (tertiary alicyclic amines) is 1. The lowest BCUT2D eigenvalue weighted by atomic mass is 10.0. The average molecular weight is 1040 g/mol. The highest BCUT2D eigenvalue weighted by atomic mass is 32.2. The molecule has 0 radical (unpaired) electrons. The number of aryl methyl sites for hydroxylation is 2. The number of ether oxygens (including phenoxy) is 3. The van der Waals surface area contributed by atoms with E-state index in [2.05, 4.69) is 37.9 Å². The Kier molecular flexibility index (Phi) is 16.4. The van der Waals surface area contributed by atoms with E-state index in [1.807, 2.05) is 60.7 Å². The molecule has 0 unspecified atom stereocenters. The van der Waals surface area contributed by atoms with E-state index in [0.717, 1.165) is 36.8 Å². The SMILES string of the molecule is COc1cc(S(=O)(=O)N(C)CCOCCNC(=O)COc2cccc(Cn3cnc4c(N)cc(-c5c(C)noc5C)cc43)c2)ccc1NCC#Cc1cc2c(N[C@@H]3CCN(C)C[C@@H]3F)cccc2n1CC(F)(F)F. The van der Waals surface area contributed by atoms with Crippen molar-refractivity contribution in [3.63, 3.8) is 0 Å². The van der Waals surface area contributed by atoms with Gasteiger partial charge in [0.25, 0.3) is 5.91 Å². The number of hydrogen-bond acceptors (Lipinski definition) is 13. The minimum Gasteiger partial charge on any atom is -0.495 e. The zero-order chi connectivity index (χ0) is 52.7. The minimum absolute atomic E-state index is 0.00937. The molecule has 1 saturated heterocycles. The van der Waals surface area contributed by atoms with E-state index in [-0.39, 0.29) is 68.2 Å². The number of nitrogens with zero attached hydrogens (tertiary/aromatic N) is 6. The number of likely N-dealkylation sites (N-methyl/N-ethyl adjacent to an activating group) is 1. The van der Waals surface area contributed by atoms with Gasteiger partial charge in [-0.05, 0) is 99.0 Å². The van der Waals surface area contributed by atoms with E-state index in [9.17, 15) is 30.8 Å². The number of aromatic nitrogens is 4. The number of nitrogen functional groups attached to an aromatic ring is 1. The van der Waals surface area contributed by atoms with E-state index < -0.39 is 35.0 Å². The van der Waals surface area contributed by atoms with Crippen LogP contribution in [0.5, 0.6) is 11.5 Å². The number of nitrogens with one attached hydrogen (secondary N) is 3. The van der Waals surface area contributed by atoms with Crippen molar-refractivity contribution in [3.05, 3.63) is 108 Å². The lowest BCUT2D eigenvalue weighted by Crippen LogP contribution is -2.46. The molecule has 2 atom stereocenters. The summed E-state index contributed by atoms with van der Waals surface area (Å²) in [6.07, 6.45) is -3.41. The summed E-state index contributed by atoms with van der Waals surface area (Å²) in [5.74, 6) is 6.75. The number of sulfonamides is 1. The number of fused-ring (bicyclic) bond motifs is 2. The number of carbonyl (C=O) groups is 1. The van der Waals surface area contributed by atoms with Crippen LogP contribution in [-0.4, -0.2) is 135 Å². The summed E-state index contributed by atoms with van der Waals surface area (Å²) >= 11 is 0. The van der Waals surface area contributed by atoms with Crippen LogP contribution in [0.4, 0.5) is 34.6 Å². The van der Waals surface area contributed by atoms with Gasteiger partial charge in [0.05, 0.1) is 77.9 Å². The number of rotatable bonds is 20. The number of imidazole rings is 1. The number of benzene rings is 4. The normalized spacial score (nSPS) is 15.3. The molecule has 22 heteroatoms. The first-order valence-corrected chi connectivity index (χ1v) is 25.2. The van der Waals surface area contributed by atoms with Gasteiger partial charge in [-0.25, -0.2) is 17.8 Å². The largest absolute Gasteiger partial charge is 0.495 e. The van der Waals surface area contributed by atoms with Gasteiger partial charge in [0.2, 0.25) is 10.0 Å². The maximum Gasteiger partial charge on any atom is 0.406 e. The summed E-state index contributed by atoms with van der Waals surface area (Å²) in [5.41, 5.74) is 13.3. The molecule has 1 fully saturated rings. The molecule has 0 bridgehead atoms. The van der Waals surface area contributed by atoms with E-state index in [1.54, 1.807) is 36.7 Å². The van der Waals surface area contributed by atoms with Crippen molar-refractivity contribution >= 4 is 54.9 Å². The van der Waals surface area contributed by atoms with Crippen LogP contribution in [0, 0.1) is 25.7 Å². The smallest absolute Gasteiger partial charge is 0.406 e. The molecular weight excluding hydrogens is 985 g/mol. The molecule has 5 N–H and O–H groups in total. The van der Waals surface area contributed by atoms with Crippen molar-refractivity contribution in [2.24, 2.45) is 0 Å². The summed E-state index contributed by atoms with van der Waals surface area (Å²) in [4.78, 5) is 19.0. The molecule has 8 rings (SSSR count). The number of alkyl halides is 4. The quantitative estimate of drug-likeness (QED) is 0.0259. The average Bonchev–Trinajstić information content (AvgIpc) is 4.04. The molecular formula is C52H58F4N10O7S. The summed E-state index contributed by atoms with van der Waals surface area (Å²) in [6, 6.07) is 21.5. The van der Waals surface area contributed by atoms with Gasteiger partial charge in [0.15, 0.2) is 6.61 Å². The number of anilines is 3. The van der Waals surface area contributed by atoms with Gasteiger partial charge in [-0.3, -0.25) is 4.79 Å². The zero-order valence-corrected chi connectivity index (χ0v) is 42.4. The molecule has 4 aromatic carbocycles.